The minimum Gasteiger partial charge on any atom is -0.381 e. The predicted molar refractivity (Wildman–Crippen MR) is 62.5 cm³/mol. The Kier molecular flexibility index (Phi) is 2.55. The zero-order valence-corrected chi connectivity index (χ0v) is 9.43. The molecule has 0 radical (unpaired) electrons. The summed E-state index contributed by atoms with van der Waals surface area (Å²) in [5.41, 5.74) is 7.67. The summed E-state index contributed by atoms with van der Waals surface area (Å²) in [6, 6.07) is 4.73. The zero-order valence-electron chi connectivity index (χ0n) is 9.43. The van der Waals surface area contributed by atoms with Gasteiger partial charge in [0.15, 0.2) is 11.6 Å². The highest BCUT2D eigenvalue weighted by Crippen LogP contribution is 2.30. The van der Waals surface area contributed by atoms with E-state index in [2.05, 4.69) is 5.16 Å². The van der Waals surface area contributed by atoms with Crippen LogP contribution in [0.25, 0.3) is 11.3 Å². The quantitative estimate of drug-likeness (QED) is 0.634. The standard InChI is InChI=1S/C11H11N3O3/c1-6-3-8(5-9(4-6)14(15)16)10-7(2)11(12)13-17-10/h3-5H,1-2H3,(H2,12,13). The van der Waals surface area contributed by atoms with E-state index in [-0.39, 0.29) is 5.69 Å². The van der Waals surface area contributed by atoms with Crippen LogP contribution >= 0.6 is 0 Å². The molecule has 1 heterocycles. The summed E-state index contributed by atoms with van der Waals surface area (Å²) in [4.78, 5) is 10.3. The lowest BCUT2D eigenvalue weighted by molar-refractivity contribution is -0.384. The molecule has 0 spiro atoms. The van der Waals surface area contributed by atoms with Gasteiger partial charge in [0.2, 0.25) is 0 Å². The Morgan fingerprint density at radius 1 is 1.35 bits per heavy atom. The van der Waals surface area contributed by atoms with Gasteiger partial charge in [-0.3, -0.25) is 10.1 Å². The number of benzene rings is 1. The number of nitrogens with zero attached hydrogens (tertiary/aromatic N) is 2. The molecule has 2 rings (SSSR count). The number of aromatic nitrogens is 1. The molecule has 0 aliphatic rings. The molecule has 17 heavy (non-hydrogen) atoms. The topological polar surface area (TPSA) is 95.2 Å². The number of nitro benzene ring substituents is 1. The van der Waals surface area contributed by atoms with Crippen LogP contribution in [0.2, 0.25) is 0 Å². The molecule has 0 fully saturated rings. The normalized spacial score (nSPS) is 10.5. The van der Waals surface area contributed by atoms with Crippen LogP contribution in [-0.4, -0.2) is 10.1 Å². The van der Waals surface area contributed by atoms with E-state index >= 15 is 0 Å². The van der Waals surface area contributed by atoms with E-state index in [1.54, 1.807) is 19.9 Å². The zero-order chi connectivity index (χ0) is 12.6. The van der Waals surface area contributed by atoms with E-state index in [9.17, 15) is 10.1 Å². The molecule has 1 aromatic carbocycles. The van der Waals surface area contributed by atoms with Crippen molar-refractivity contribution in [3.05, 3.63) is 39.4 Å². The summed E-state index contributed by atoms with van der Waals surface area (Å²) >= 11 is 0. The Balaban J connectivity index is 2.60. The molecular formula is C11H11N3O3. The molecule has 2 aromatic rings. The third-order valence-corrected chi connectivity index (χ3v) is 2.50. The van der Waals surface area contributed by atoms with Gasteiger partial charge in [-0.05, 0) is 25.5 Å². The molecular weight excluding hydrogens is 222 g/mol. The average Bonchev–Trinajstić information content (AvgIpc) is 2.59. The molecule has 6 nitrogen and oxygen atoms in total. The maximum absolute atomic E-state index is 10.8. The first-order valence-electron chi connectivity index (χ1n) is 4.97. The fourth-order valence-corrected chi connectivity index (χ4v) is 1.62. The lowest BCUT2D eigenvalue weighted by Gasteiger charge is -2.00. The van der Waals surface area contributed by atoms with Crippen LogP contribution in [-0.2, 0) is 0 Å². The van der Waals surface area contributed by atoms with Gasteiger partial charge in [-0.25, -0.2) is 0 Å². The van der Waals surface area contributed by atoms with Gasteiger partial charge >= 0.3 is 0 Å². The lowest BCUT2D eigenvalue weighted by atomic mass is 10.1. The van der Waals surface area contributed by atoms with Crippen molar-refractivity contribution in [3.63, 3.8) is 0 Å². The average molecular weight is 233 g/mol. The van der Waals surface area contributed by atoms with Crippen molar-refractivity contribution in [2.24, 2.45) is 0 Å². The Labute approximate surface area is 97.2 Å². The fraction of sp³-hybridized carbons (Fsp3) is 0.182. The number of rotatable bonds is 2. The van der Waals surface area contributed by atoms with E-state index in [4.69, 9.17) is 10.3 Å². The third kappa shape index (κ3) is 1.96. The van der Waals surface area contributed by atoms with Crippen LogP contribution in [0, 0.1) is 24.0 Å². The summed E-state index contributed by atoms with van der Waals surface area (Å²) < 4.78 is 5.07. The smallest absolute Gasteiger partial charge is 0.270 e. The first kappa shape index (κ1) is 11.1. The first-order valence-corrected chi connectivity index (χ1v) is 4.97. The van der Waals surface area contributed by atoms with Crippen LogP contribution in [0.4, 0.5) is 11.5 Å². The Morgan fingerprint density at radius 3 is 2.59 bits per heavy atom. The predicted octanol–water partition coefficient (Wildman–Crippen LogP) is 2.45. The van der Waals surface area contributed by atoms with Crippen LogP contribution in [0.15, 0.2) is 22.7 Å². The number of anilines is 1. The van der Waals surface area contributed by atoms with Crippen LogP contribution < -0.4 is 5.73 Å². The molecule has 2 N–H and O–H groups in total. The second-order valence-electron chi connectivity index (χ2n) is 3.84. The van der Waals surface area contributed by atoms with Gasteiger partial charge < -0.3 is 10.3 Å². The van der Waals surface area contributed by atoms with Crippen molar-refractivity contribution in [1.82, 2.24) is 5.16 Å². The molecule has 0 atom stereocenters. The molecule has 0 bridgehead atoms. The van der Waals surface area contributed by atoms with Crippen molar-refractivity contribution in [3.8, 4) is 11.3 Å². The van der Waals surface area contributed by atoms with Gasteiger partial charge in [0.05, 0.1) is 4.92 Å². The molecule has 0 aliphatic carbocycles. The minimum absolute atomic E-state index is 0.0226. The van der Waals surface area contributed by atoms with Crippen LogP contribution in [0.1, 0.15) is 11.1 Å². The number of nitrogens with two attached hydrogens (primary N) is 1. The summed E-state index contributed by atoms with van der Waals surface area (Å²) in [6.07, 6.45) is 0. The fourth-order valence-electron chi connectivity index (χ4n) is 1.62. The number of nitrogen functional groups attached to an aromatic ring is 1. The van der Waals surface area contributed by atoms with E-state index in [0.29, 0.717) is 22.7 Å². The number of hydrogen-bond acceptors (Lipinski definition) is 5. The third-order valence-electron chi connectivity index (χ3n) is 2.50. The summed E-state index contributed by atoms with van der Waals surface area (Å²) in [6.45, 7) is 3.54. The molecule has 0 unspecified atom stereocenters. The SMILES string of the molecule is Cc1cc(-c2onc(N)c2C)cc([N+](=O)[O-])c1. The van der Waals surface area contributed by atoms with Gasteiger partial charge in [0.25, 0.3) is 5.69 Å². The van der Waals surface area contributed by atoms with Crippen molar-refractivity contribution in [2.75, 3.05) is 5.73 Å². The summed E-state index contributed by atoms with van der Waals surface area (Å²) in [5.74, 6) is 0.762. The summed E-state index contributed by atoms with van der Waals surface area (Å²) in [7, 11) is 0. The minimum atomic E-state index is -0.439. The largest absolute Gasteiger partial charge is 0.381 e. The monoisotopic (exact) mass is 233 g/mol. The molecule has 0 saturated carbocycles. The molecule has 0 amide bonds. The Morgan fingerprint density at radius 2 is 2.06 bits per heavy atom. The lowest BCUT2D eigenvalue weighted by Crippen LogP contribution is -1.91. The molecule has 0 aliphatic heterocycles. The van der Waals surface area contributed by atoms with Crippen LogP contribution in [0.5, 0.6) is 0 Å². The Bertz CT molecular complexity index is 590. The van der Waals surface area contributed by atoms with Gasteiger partial charge in [0.1, 0.15) is 0 Å². The van der Waals surface area contributed by atoms with E-state index in [1.807, 2.05) is 0 Å². The highest BCUT2D eigenvalue weighted by atomic mass is 16.6. The highest BCUT2D eigenvalue weighted by molar-refractivity contribution is 5.68. The molecule has 1 aromatic heterocycles. The van der Waals surface area contributed by atoms with Crippen molar-refractivity contribution < 1.29 is 9.45 Å². The Hall–Kier alpha value is -2.37. The van der Waals surface area contributed by atoms with Crippen molar-refractivity contribution in [1.29, 1.82) is 0 Å². The number of hydrogen-bond donors (Lipinski definition) is 1. The van der Waals surface area contributed by atoms with Gasteiger partial charge in [0, 0.05) is 23.3 Å². The van der Waals surface area contributed by atoms with Gasteiger partial charge in [-0.1, -0.05) is 5.16 Å². The second kappa shape index (κ2) is 3.89. The van der Waals surface area contributed by atoms with Gasteiger partial charge in [-0.2, -0.15) is 0 Å². The highest BCUT2D eigenvalue weighted by Gasteiger charge is 2.15. The van der Waals surface area contributed by atoms with Crippen LogP contribution in [0.3, 0.4) is 0 Å². The number of non-ortho nitro benzene ring substituents is 1. The van der Waals surface area contributed by atoms with E-state index in [0.717, 1.165) is 5.56 Å². The number of nitro groups is 1. The summed E-state index contributed by atoms with van der Waals surface area (Å²) in [5, 5.41) is 14.4. The van der Waals surface area contributed by atoms with Crippen molar-refractivity contribution >= 4 is 11.5 Å². The maximum atomic E-state index is 10.8. The number of aryl methyl sites for hydroxylation is 1. The molecule has 88 valence electrons. The first-order chi connectivity index (χ1) is 7.99. The second-order valence-corrected chi connectivity index (χ2v) is 3.84. The molecule has 6 heteroatoms. The molecule has 0 saturated heterocycles. The van der Waals surface area contributed by atoms with E-state index < -0.39 is 4.92 Å². The van der Waals surface area contributed by atoms with E-state index in [1.165, 1.54) is 12.1 Å². The van der Waals surface area contributed by atoms with Crippen molar-refractivity contribution in [2.45, 2.75) is 13.8 Å². The maximum Gasteiger partial charge on any atom is 0.270 e. The van der Waals surface area contributed by atoms with Gasteiger partial charge in [-0.15, -0.1) is 0 Å².